The third kappa shape index (κ3) is 2.18. The first-order valence-electron chi connectivity index (χ1n) is 3.58. The first-order chi connectivity index (χ1) is 5.57. The van der Waals surface area contributed by atoms with Crippen molar-refractivity contribution in [2.45, 2.75) is 12.6 Å². The Labute approximate surface area is 95.0 Å². The van der Waals surface area contributed by atoms with Gasteiger partial charge >= 0.3 is 0 Å². The lowest BCUT2D eigenvalue weighted by molar-refractivity contribution is 0.0709. The average Bonchev–Trinajstić information content (AvgIpc) is 2.21. The second-order valence-electron chi connectivity index (χ2n) is 3.01. The van der Waals surface area contributed by atoms with E-state index in [2.05, 4.69) is 25.9 Å². The first kappa shape index (κ1) is 10.9. The van der Waals surface area contributed by atoms with Crippen LogP contribution in [0.4, 0.5) is 0 Å². The molecule has 0 aromatic carbocycles. The fourth-order valence-electron chi connectivity index (χ4n) is 1.20. The van der Waals surface area contributed by atoms with E-state index in [1.54, 1.807) is 6.92 Å². The molecule has 2 aliphatic heterocycles. The van der Waals surface area contributed by atoms with Crippen molar-refractivity contribution >= 4 is 43.5 Å². The summed E-state index contributed by atoms with van der Waals surface area (Å²) in [5, 5.41) is 9.56. The van der Waals surface area contributed by atoms with E-state index in [1.807, 2.05) is 17.2 Å². The van der Waals surface area contributed by atoms with Crippen molar-refractivity contribution in [3.8, 4) is 0 Å². The number of allylic oxidation sites excluding steroid dienone is 1. The summed E-state index contributed by atoms with van der Waals surface area (Å²) >= 11 is 3.24. The van der Waals surface area contributed by atoms with Crippen molar-refractivity contribution in [3.63, 3.8) is 0 Å². The van der Waals surface area contributed by atoms with E-state index in [-0.39, 0.29) is 17.0 Å². The van der Waals surface area contributed by atoms with Gasteiger partial charge in [0.2, 0.25) is 5.96 Å². The zero-order valence-corrected chi connectivity index (χ0v) is 10.2. The maximum atomic E-state index is 9.56. The first-order valence-corrected chi connectivity index (χ1v) is 4.37. The van der Waals surface area contributed by atoms with Crippen LogP contribution < -0.4 is 0 Å². The number of hydrogen-bond acceptors (Lipinski definition) is 4. The predicted octanol–water partition coefficient (Wildman–Crippen LogP) is 1.27. The molecule has 2 rings (SSSR count). The Balaban J connectivity index is 0.000000845. The molecule has 1 N–H and O–H groups in total. The number of rotatable bonds is 0. The molecule has 6 heteroatoms. The van der Waals surface area contributed by atoms with Crippen LogP contribution >= 0.6 is 32.9 Å². The minimum Gasteiger partial charge on any atom is -0.368 e. The molecule has 0 radical (unpaired) electrons. The van der Waals surface area contributed by atoms with Crippen LogP contribution in [0, 0.1) is 0 Å². The Bertz CT molecular complexity index is 309. The van der Waals surface area contributed by atoms with Crippen LogP contribution in [0.1, 0.15) is 6.92 Å². The molecule has 0 fully saturated rings. The van der Waals surface area contributed by atoms with Crippen molar-refractivity contribution in [2.24, 2.45) is 9.98 Å². The molecule has 0 amide bonds. The Morgan fingerprint density at radius 1 is 1.69 bits per heavy atom. The molecule has 2 aliphatic rings. The maximum absolute atomic E-state index is 9.56. The minimum absolute atomic E-state index is 0. The molecule has 0 aromatic rings. The lowest BCUT2D eigenvalue weighted by Crippen LogP contribution is -2.30. The molecular weight excluding hydrogens is 302 g/mol. The van der Waals surface area contributed by atoms with Gasteiger partial charge in [-0.1, -0.05) is 0 Å². The number of nitrogens with zero attached hydrogens (tertiary/aromatic N) is 3. The summed E-state index contributed by atoms with van der Waals surface area (Å²) in [4.78, 5) is 9.93. The fraction of sp³-hybridized carbons (Fsp3) is 0.429. The largest absolute Gasteiger partial charge is 0.368 e. The average molecular weight is 311 g/mol. The van der Waals surface area contributed by atoms with Crippen LogP contribution in [0.15, 0.2) is 22.3 Å². The van der Waals surface area contributed by atoms with E-state index < -0.39 is 5.72 Å². The van der Waals surface area contributed by atoms with Gasteiger partial charge in [-0.25, -0.2) is 9.98 Å². The zero-order valence-electron chi connectivity index (χ0n) is 6.94. The van der Waals surface area contributed by atoms with Gasteiger partial charge in [0.15, 0.2) is 5.72 Å². The molecule has 0 saturated heterocycles. The van der Waals surface area contributed by atoms with E-state index in [0.29, 0.717) is 12.5 Å². The lowest BCUT2D eigenvalue weighted by Gasteiger charge is -2.17. The van der Waals surface area contributed by atoms with Crippen LogP contribution in [-0.4, -0.2) is 32.9 Å². The summed E-state index contributed by atoms with van der Waals surface area (Å²) in [6.07, 6.45) is 3.66. The molecule has 1 unspecified atom stereocenters. The highest BCUT2D eigenvalue weighted by Crippen LogP contribution is 2.21. The third-order valence-corrected chi connectivity index (χ3v) is 2.11. The molecule has 72 valence electrons. The number of hydrogen-bond donors (Lipinski definition) is 1. The lowest BCUT2D eigenvalue weighted by atomic mass is 10.3. The van der Waals surface area contributed by atoms with Crippen molar-refractivity contribution in [1.29, 1.82) is 0 Å². The molecule has 0 saturated carbocycles. The Morgan fingerprint density at radius 2 is 2.38 bits per heavy atom. The fourth-order valence-corrected chi connectivity index (χ4v) is 1.48. The number of aliphatic hydroxyl groups is 1. The van der Waals surface area contributed by atoms with Gasteiger partial charge in [0.1, 0.15) is 4.62 Å². The minimum atomic E-state index is -0.999. The standard InChI is InChI=1S/C7H8BrN3O.BrH/c1-7(12)4-11-3-2-5(8)9-6(11)10-7;/h2-3,12H,4H2,1H3;1H. The van der Waals surface area contributed by atoms with Gasteiger partial charge in [-0.15, -0.1) is 17.0 Å². The summed E-state index contributed by atoms with van der Waals surface area (Å²) < 4.78 is 0.732. The number of aliphatic imine (C=N–C) groups is 2. The van der Waals surface area contributed by atoms with Gasteiger partial charge in [0, 0.05) is 6.20 Å². The highest BCUT2D eigenvalue weighted by Gasteiger charge is 2.33. The SMILES string of the molecule is Br.CC1(O)CN2C=CC(Br)=NC2=N1. The summed E-state index contributed by atoms with van der Waals surface area (Å²) in [6, 6.07) is 0. The highest BCUT2D eigenvalue weighted by molar-refractivity contribution is 9.18. The molecule has 0 bridgehead atoms. The Hall–Kier alpha value is -0.200. The van der Waals surface area contributed by atoms with Crippen LogP contribution in [0.3, 0.4) is 0 Å². The van der Waals surface area contributed by atoms with Gasteiger partial charge in [-0.05, 0) is 28.9 Å². The third-order valence-electron chi connectivity index (χ3n) is 1.67. The van der Waals surface area contributed by atoms with Crippen LogP contribution in [-0.2, 0) is 0 Å². The maximum Gasteiger partial charge on any atom is 0.228 e. The molecule has 0 aliphatic carbocycles. The second-order valence-corrected chi connectivity index (χ2v) is 3.82. The van der Waals surface area contributed by atoms with Crippen molar-refractivity contribution in [2.75, 3.05) is 6.54 Å². The topological polar surface area (TPSA) is 48.2 Å². The molecule has 1 atom stereocenters. The summed E-state index contributed by atoms with van der Waals surface area (Å²) in [7, 11) is 0. The van der Waals surface area contributed by atoms with E-state index in [4.69, 9.17) is 0 Å². The second kappa shape index (κ2) is 3.51. The monoisotopic (exact) mass is 309 g/mol. The van der Waals surface area contributed by atoms with E-state index in [0.717, 1.165) is 4.62 Å². The van der Waals surface area contributed by atoms with E-state index >= 15 is 0 Å². The number of halogens is 2. The van der Waals surface area contributed by atoms with Crippen molar-refractivity contribution < 1.29 is 5.11 Å². The predicted molar refractivity (Wildman–Crippen MR) is 60.6 cm³/mol. The summed E-state index contributed by atoms with van der Waals surface area (Å²) in [5.74, 6) is 0.564. The molecule has 2 heterocycles. The smallest absolute Gasteiger partial charge is 0.228 e. The molecule has 0 aromatic heterocycles. The summed E-state index contributed by atoms with van der Waals surface area (Å²) in [6.45, 7) is 2.14. The van der Waals surface area contributed by atoms with Gasteiger partial charge in [-0.2, -0.15) is 0 Å². The van der Waals surface area contributed by atoms with E-state index in [1.165, 1.54) is 0 Å². The quantitative estimate of drug-likeness (QED) is 0.732. The number of fused-ring (bicyclic) bond motifs is 1. The van der Waals surface area contributed by atoms with Gasteiger partial charge in [0.05, 0.1) is 6.54 Å². The molecule has 0 spiro atoms. The number of guanidine groups is 1. The molecular formula is C7H9Br2N3O. The van der Waals surface area contributed by atoms with Gasteiger partial charge < -0.3 is 10.0 Å². The van der Waals surface area contributed by atoms with Crippen molar-refractivity contribution in [3.05, 3.63) is 12.3 Å². The zero-order chi connectivity index (χ0) is 8.77. The Morgan fingerprint density at radius 3 is 3.08 bits per heavy atom. The molecule has 4 nitrogen and oxygen atoms in total. The highest BCUT2D eigenvalue weighted by atomic mass is 79.9. The van der Waals surface area contributed by atoms with Crippen LogP contribution in [0.5, 0.6) is 0 Å². The van der Waals surface area contributed by atoms with Gasteiger partial charge in [0.25, 0.3) is 0 Å². The van der Waals surface area contributed by atoms with Crippen LogP contribution in [0.2, 0.25) is 0 Å². The molecule has 13 heavy (non-hydrogen) atoms. The Kier molecular flexibility index (Phi) is 2.94. The normalized spacial score (nSPS) is 30.5. The summed E-state index contributed by atoms with van der Waals surface area (Å²) in [5.41, 5.74) is -0.999. The van der Waals surface area contributed by atoms with E-state index in [9.17, 15) is 5.11 Å². The van der Waals surface area contributed by atoms with Crippen molar-refractivity contribution in [1.82, 2.24) is 4.90 Å². The van der Waals surface area contributed by atoms with Crippen LogP contribution in [0.25, 0.3) is 0 Å². The van der Waals surface area contributed by atoms with Gasteiger partial charge in [-0.3, -0.25) is 0 Å².